The van der Waals surface area contributed by atoms with E-state index in [1.54, 1.807) is 13.8 Å². The Hall–Kier alpha value is -1.81. The Bertz CT molecular complexity index is 593. The van der Waals surface area contributed by atoms with Crippen LogP contribution >= 0.6 is 11.6 Å². The van der Waals surface area contributed by atoms with Gasteiger partial charge in [0.2, 0.25) is 5.76 Å². The number of nitrogens with zero attached hydrogens (tertiary/aromatic N) is 1. The smallest absolute Gasteiger partial charge is 0.289 e. The van der Waals surface area contributed by atoms with Gasteiger partial charge in [0, 0.05) is 19.3 Å². The van der Waals surface area contributed by atoms with E-state index in [0.29, 0.717) is 24.0 Å². The summed E-state index contributed by atoms with van der Waals surface area (Å²) in [5.74, 6) is 0.967. The number of hydrogen-bond donors (Lipinski definition) is 1. The van der Waals surface area contributed by atoms with Crippen molar-refractivity contribution in [3.8, 4) is 0 Å². The summed E-state index contributed by atoms with van der Waals surface area (Å²) in [7, 11) is 0. The second kappa shape index (κ2) is 5.89. The van der Waals surface area contributed by atoms with Crippen LogP contribution in [0.1, 0.15) is 33.3 Å². The highest BCUT2D eigenvalue weighted by atomic mass is 35.5. The van der Waals surface area contributed by atoms with Crippen LogP contribution in [-0.2, 0) is 12.4 Å². The number of alkyl halides is 1. The molecule has 0 spiro atoms. The van der Waals surface area contributed by atoms with E-state index in [2.05, 4.69) is 10.3 Å². The van der Waals surface area contributed by atoms with E-state index in [0.717, 1.165) is 11.1 Å². The molecule has 100 valence electrons. The Balaban J connectivity index is 2.02. The molecule has 0 fully saturated rings. The number of carbonyl (C=O) groups is 1. The van der Waals surface area contributed by atoms with E-state index < -0.39 is 0 Å². The first-order valence-corrected chi connectivity index (χ1v) is 6.49. The zero-order chi connectivity index (χ0) is 13.8. The van der Waals surface area contributed by atoms with E-state index in [1.165, 1.54) is 0 Å². The second-order valence-corrected chi connectivity index (χ2v) is 4.55. The molecule has 2 aromatic rings. The number of oxazole rings is 1. The maximum Gasteiger partial charge on any atom is 0.289 e. The minimum Gasteiger partial charge on any atom is -0.436 e. The van der Waals surface area contributed by atoms with Crippen molar-refractivity contribution in [2.75, 3.05) is 0 Å². The van der Waals surface area contributed by atoms with Crippen molar-refractivity contribution in [2.45, 2.75) is 26.3 Å². The van der Waals surface area contributed by atoms with Gasteiger partial charge >= 0.3 is 0 Å². The minimum atomic E-state index is -0.255. The third-order valence-corrected chi connectivity index (χ3v) is 3.02. The van der Waals surface area contributed by atoms with Gasteiger partial charge in [-0.15, -0.1) is 11.6 Å². The van der Waals surface area contributed by atoms with Crippen molar-refractivity contribution in [1.29, 1.82) is 0 Å². The lowest BCUT2D eigenvalue weighted by Gasteiger charge is -2.05. The maximum absolute atomic E-state index is 11.9. The monoisotopic (exact) mass is 278 g/mol. The molecule has 1 aromatic carbocycles. The molecule has 0 saturated carbocycles. The van der Waals surface area contributed by atoms with Crippen LogP contribution in [-0.4, -0.2) is 10.9 Å². The van der Waals surface area contributed by atoms with Crippen molar-refractivity contribution in [2.24, 2.45) is 0 Å². The van der Waals surface area contributed by atoms with E-state index in [4.69, 9.17) is 16.0 Å². The van der Waals surface area contributed by atoms with Gasteiger partial charge in [-0.25, -0.2) is 4.98 Å². The zero-order valence-corrected chi connectivity index (χ0v) is 11.6. The first kappa shape index (κ1) is 13.6. The van der Waals surface area contributed by atoms with E-state index >= 15 is 0 Å². The average Bonchev–Trinajstić information content (AvgIpc) is 2.75. The van der Waals surface area contributed by atoms with Crippen molar-refractivity contribution in [1.82, 2.24) is 10.3 Å². The molecule has 0 atom stereocenters. The third kappa shape index (κ3) is 3.35. The van der Waals surface area contributed by atoms with Crippen molar-refractivity contribution < 1.29 is 9.21 Å². The number of amides is 1. The van der Waals surface area contributed by atoms with Crippen LogP contribution in [0.2, 0.25) is 0 Å². The van der Waals surface area contributed by atoms with Gasteiger partial charge in [0.05, 0.1) is 5.69 Å². The average molecular weight is 279 g/mol. The summed E-state index contributed by atoms with van der Waals surface area (Å²) < 4.78 is 5.27. The molecule has 1 amide bonds. The fourth-order valence-corrected chi connectivity index (χ4v) is 1.99. The van der Waals surface area contributed by atoms with Gasteiger partial charge in [0.25, 0.3) is 5.91 Å². The molecule has 1 heterocycles. The largest absolute Gasteiger partial charge is 0.436 e. The van der Waals surface area contributed by atoms with Crippen LogP contribution in [0.25, 0.3) is 0 Å². The number of carbonyl (C=O) groups excluding carboxylic acids is 1. The van der Waals surface area contributed by atoms with Gasteiger partial charge < -0.3 is 9.73 Å². The summed E-state index contributed by atoms with van der Waals surface area (Å²) in [6.07, 6.45) is 0. The molecular formula is C14H15ClN2O2. The number of halogens is 1. The first-order valence-electron chi connectivity index (χ1n) is 5.96. The van der Waals surface area contributed by atoms with Crippen LogP contribution in [0.3, 0.4) is 0 Å². The number of aromatic nitrogens is 1. The van der Waals surface area contributed by atoms with Gasteiger partial charge in [-0.2, -0.15) is 0 Å². The third-order valence-electron chi connectivity index (χ3n) is 2.71. The highest BCUT2D eigenvalue weighted by Crippen LogP contribution is 2.10. The molecule has 0 radical (unpaired) electrons. The summed E-state index contributed by atoms with van der Waals surface area (Å²) in [6.45, 7) is 3.90. The fraction of sp³-hybridized carbons (Fsp3) is 0.286. The lowest BCUT2D eigenvalue weighted by molar-refractivity contribution is 0.0921. The van der Waals surface area contributed by atoms with E-state index in [9.17, 15) is 4.79 Å². The van der Waals surface area contributed by atoms with Crippen LogP contribution < -0.4 is 5.32 Å². The van der Waals surface area contributed by atoms with Gasteiger partial charge in [-0.1, -0.05) is 24.3 Å². The number of benzene rings is 1. The first-order chi connectivity index (χ1) is 9.10. The standard InChI is InChI=1S/C14H15ClN2O2/c1-9-13(19-10(2)17-9)14(18)16-8-12-5-3-4-11(6-12)7-15/h3-6H,7-8H2,1-2H3,(H,16,18). The minimum absolute atomic E-state index is 0.255. The molecule has 0 saturated heterocycles. The lowest BCUT2D eigenvalue weighted by Crippen LogP contribution is -2.23. The summed E-state index contributed by atoms with van der Waals surface area (Å²) in [5, 5.41) is 2.80. The Morgan fingerprint density at radius 3 is 2.74 bits per heavy atom. The summed E-state index contributed by atoms with van der Waals surface area (Å²) in [6, 6.07) is 7.77. The zero-order valence-electron chi connectivity index (χ0n) is 10.9. The maximum atomic E-state index is 11.9. The van der Waals surface area contributed by atoms with Crippen molar-refractivity contribution in [3.05, 3.63) is 52.7 Å². The molecule has 1 N–H and O–H groups in total. The molecule has 0 aliphatic rings. The quantitative estimate of drug-likeness (QED) is 0.875. The normalized spacial score (nSPS) is 10.5. The van der Waals surface area contributed by atoms with E-state index in [1.807, 2.05) is 24.3 Å². The highest BCUT2D eigenvalue weighted by molar-refractivity contribution is 6.17. The molecule has 0 bridgehead atoms. The Morgan fingerprint density at radius 1 is 1.37 bits per heavy atom. The predicted molar refractivity (Wildman–Crippen MR) is 73.1 cm³/mol. The Labute approximate surface area is 116 Å². The van der Waals surface area contributed by atoms with Gasteiger partial charge in [0.15, 0.2) is 5.89 Å². The molecule has 0 aliphatic carbocycles. The molecule has 19 heavy (non-hydrogen) atoms. The summed E-state index contributed by atoms with van der Waals surface area (Å²) in [4.78, 5) is 16.0. The predicted octanol–water partition coefficient (Wildman–Crippen LogP) is 2.96. The summed E-state index contributed by atoms with van der Waals surface area (Å²) >= 11 is 5.77. The molecule has 0 unspecified atom stereocenters. The van der Waals surface area contributed by atoms with Gasteiger partial charge in [0.1, 0.15) is 0 Å². The van der Waals surface area contributed by atoms with E-state index in [-0.39, 0.29) is 11.7 Å². The van der Waals surface area contributed by atoms with Crippen LogP contribution in [0.4, 0.5) is 0 Å². The SMILES string of the molecule is Cc1nc(C)c(C(=O)NCc2cccc(CCl)c2)o1. The van der Waals surface area contributed by atoms with Crippen molar-refractivity contribution in [3.63, 3.8) is 0 Å². The second-order valence-electron chi connectivity index (χ2n) is 4.28. The number of rotatable bonds is 4. The summed E-state index contributed by atoms with van der Waals surface area (Å²) in [5.41, 5.74) is 2.63. The Kier molecular flexibility index (Phi) is 4.22. The van der Waals surface area contributed by atoms with Crippen LogP contribution in [0.15, 0.2) is 28.7 Å². The molecule has 5 heteroatoms. The lowest BCUT2D eigenvalue weighted by atomic mass is 10.1. The number of hydrogen-bond acceptors (Lipinski definition) is 3. The van der Waals surface area contributed by atoms with Crippen molar-refractivity contribution >= 4 is 17.5 Å². The number of nitrogens with one attached hydrogen (secondary N) is 1. The van der Waals surface area contributed by atoms with Crippen LogP contribution in [0.5, 0.6) is 0 Å². The fourth-order valence-electron chi connectivity index (χ4n) is 1.83. The molecule has 2 rings (SSSR count). The Morgan fingerprint density at radius 2 is 2.11 bits per heavy atom. The van der Waals surface area contributed by atoms with Gasteiger partial charge in [-0.05, 0) is 18.1 Å². The number of aryl methyl sites for hydroxylation is 2. The molecule has 0 aliphatic heterocycles. The van der Waals surface area contributed by atoms with Gasteiger partial charge in [-0.3, -0.25) is 4.79 Å². The van der Waals surface area contributed by atoms with Crippen LogP contribution in [0, 0.1) is 13.8 Å². The molecular weight excluding hydrogens is 264 g/mol. The topological polar surface area (TPSA) is 55.1 Å². The highest BCUT2D eigenvalue weighted by Gasteiger charge is 2.15. The molecule has 1 aromatic heterocycles. The molecule has 4 nitrogen and oxygen atoms in total.